The number of dihydropyridines is 1. The van der Waals surface area contributed by atoms with Crippen molar-refractivity contribution in [3.05, 3.63) is 23.4 Å². The minimum atomic E-state index is 0.0497. The molecule has 1 fully saturated rings. The van der Waals surface area contributed by atoms with Gasteiger partial charge in [-0.25, -0.2) is 5.01 Å². The Labute approximate surface area is 139 Å². The number of nitrogens with one attached hydrogen (secondary N) is 1. The Morgan fingerprint density at radius 3 is 2.78 bits per heavy atom. The van der Waals surface area contributed by atoms with Crippen LogP contribution in [0.2, 0.25) is 0 Å². The van der Waals surface area contributed by atoms with Crippen molar-refractivity contribution in [2.45, 2.75) is 52.7 Å². The van der Waals surface area contributed by atoms with Crippen LogP contribution < -0.4 is 5.32 Å². The summed E-state index contributed by atoms with van der Waals surface area (Å²) in [5.74, 6) is 0.839. The maximum atomic E-state index is 12.2. The molecular formula is C18H28N4O. The average Bonchev–Trinajstić information content (AvgIpc) is 2.54. The molecule has 0 aliphatic carbocycles. The maximum absolute atomic E-state index is 12.2. The number of allylic oxidation sites excluding steroid dienone is 1. The van der Waals surface area contributed by atoms with Crippen molar-refractivity contribution in [3.63, 3.8) is 0 Å². The van der Waals surface area contributed by atoms with Crippen molar-refractivity contribution >= 4 is 12.1 Å². The molecule has 3 heterocycles. The number of nitrogens with zero attached hydrogens (tertiary/aromatic N) is 3. The zero-order valence-corrected chi connectivity index (χ0v) is 14.6. The Morgan fingerprint density at radius 2 is 2.13 bits per heavy atom. The van der Waals surface area contributed by atoms with E-state index < -0.39 is 0 Å². The van der Waals surface area contributed by atoms with E-state index in [-0.39, 0.29) is 18.1 Å². The van der Waals surface area contributed by atoms with Crippen LogP contribution in [0.5, 0.6) is 0 Å². The number of piperidine rings is 1. The summed E-state index contributed by atoms with van der Waals surface area (Å²) in [6.07, 6.45) is 7.96. The quantitative estimate of drug-likeness (QED) is 0.810. The van der Waals surface area contributed by atoms with Crippen molar-refractivity contribution < 1.29 is 4.79 Å². The average molecular weight is 316 g/mol. The van der Waals surface area contributed by atoms with Crippen molar-refractivity contribution in [1.29, 1.82) is 0 Å². The highest BCUT2D eigenvalue weighted by atomic mass is 16.1. The predicted octanol–water partition coefficient (Wildman–Crippen LogP) is 2.33. The van der Waals surface area contributed by atoms with Gasteiger partial charge in [0.1, 0.15) is 0 Å². The Hall–Kier alpha value is -1.62. The molecule has 23 heavy (non-hydrogen) atoms. The summed E-state index contributed by atoms with van der Waals surface area (Å²) >= 11 is 0. The predicted molar refractivity (Wildman–Crippen MR) is 92.7 cm³/mol. The van der Waals surface area contributed by atoms with Gasteiger partial charge in [-0.2, -0.15) is 0 Å². The molecule has 1 N–H and O–H groups in total. The molecule has 0 aromatic heterocycles. The summed E-state index contributed by atoms with van der Waals surface area (Å²) in [7, 11) is 0. The smallest absolute Gasteiger partial charge is 0.224 e. The summed E-state index contributed by atoms with van der Waals surface area (Å²) in [5.41, 5.74) is 2.59. The number of rotatable bonds is 4. The van der Waals surface area contributed by atoms with Crippen LogP contribution in [0.15, 0.2) is 28.4 Å². The molecule has 126 valence electrons. The molecule has 3 rings (SSSR count). The van der Waals surface area contributed by atoms with Crippen LogP contribution in [0.3, 0.4) is 0 Å². The lowest BCUT2D eigenvalue weighted by Gasteiger charge is -2.49. The second-order valence-corrected chi connectivity index (χ2v) is 6.86. The number of carbonyl (C=O) groups is 1. The van der Waals surface area contributed by atoms with E-state index in [1.54, 1.807) is 0 Å². The lowest BCUT2D eigenvalue weighted by atomic mass is 9.73. The van der Waals surface area contributed by atoms with Gasteiger partial charge in [0, 0.05) is 43.9 Å². The van der Waals surface area contributed by atoms with Gasteiger partial charge in [0.2, 0.25) is 5.91 Å². The summed E-state index contributed by atoms with van der Waals surface area (Å²) < 4.78 is 0. The molecule has 5 heteroatoms. The van der Waals surface area contributed by atoms with Gasteiger partial charge >= 0.3 is 0 Å². The third kappa shape index (κ3) is 2.82. The molecule has 1 amide bonds. The SMILES string of the molecule is CCN(CC)N1C=C2CC(=O)NC(C(C)C)C2C2=CCC=NC21. The van der Waals surface area contributed by atoms with Gasteiger partial charge < -0.3 is 5.32 Å². The fraction of sp³-hybridized carbons (Fsp3) is 0.667. The molecule has 0 spiro atoms. The van der Waals surface area contributed by atoms with Crippen LogP contribution in [-0.2, 0) is 4.79 Å². The van der Waals surface area contributed by atoms with Gasteiger partial charge in [0.15, 0.2) is 6.17 Å². The first kappa shape index (κ1) is 16.2. The third-order valence-corrected chi connectivity index (χ3v) is 5.14. The summed E-state index contributed by atoms with van der Waals surface area (Å²) in [6, 6.07) is 0.170. The maximum Gasteiger partial charge on any atom is 0.224 e. The molecule has 1 saturated heterocycles. The molecule has 0 aromatic carbocycles. The van der Waals surface area contributed by atoms with Crippen molar-refractivity contribution in [1.82, 2.24) is 15.3 Å². The number of fused-ring (bicyclic) bond motifs is 3. The van der Waals surface area contributed by atoms with Crippen molar-refractivity contribution in [3.8, 4) is 0 Å². The van der Waals surface area contributed by atoms with E-state index in [1.807, 2.05) is 6.21 Å². The molecule has 3 atom stereocenters. The number of carbonyl (C=O) groups excluding carboxylic acids is 1. The van der Waals surface area contributed by atoms with Gasteiger partial charge in [-0.05, 0) is 17.1 Å². The minimum absolute atomic E-state index is 0.0497. The van der Waals surface area contributed by atoms with E-state index in [1.165, 1.54) is 11.1 Å². The minimum Gasteiger partial charge on any atom is -0.352 e. The van der Waals surface area contributed by atoms with E-state index >= 15 is 0 Å². The highest BCUT2D eigenvalue weighted by Gasteiger charge is 2.44. The summed E-state index contributed by atoms with van der Waals surface area (Å²) in [4.78, 5) is 17.0. The number of hydrazine groups is 1. The number of aliphatic imine (C=N–C) groups is 1. The zero-order valence-electron chi connectivity index (χ0n) is 14.6. The Bertz CT molecular complexity index is 559. The van der Waals surface area contributed by atoms with Gasteiger partial charge in [-0.1, -0.05) is 33.8 Å². The number of hydrogen-bond donors (Lipinski definition) is 1. The van der Waals surface area contributed by atoms with E-state index in [4.69, 9.17) is 4.99 Å². The summed E-state index contributed by atoms with van der Waals surface area (Å²) in [6.45, 7) is 10.6. The highest BCUT2D eigenvalue weighted by molar-refractivity contribution is 5.81. The molecule has 0 radical (unpaired) electrons. The molecule has 3 aliphatic heterocycles. The summed E-state index contributed by atoms with van der Waals surface area (Å²) in [5, 5.41) is 7.75. The Morgan fingerprint density at radius 1 is 1.39 bits per heavy atom. The number of amides is 1. The lowest BCUT2D eigenvalue weighted by molar-refractivity contribution is -0.123. The van der Waals surface area contributed by atoms with Crippen LogP contribution in [0.25, 0.3) is 0 Å². The van der Waals surface area contributed by atoms with Crippen LogP contribution in [0.1, 0.15) is 40.5 Å². The monoisotopic (exact) mass is 316 g/mol. The van der Waals surface area contributed by atoms with Crippen molar-refractivity contribution in [2.75, 3.05) is 13.1 Å². The Balaban J connectivity index is 2.05. The van der Waals surface area contributed by atoms with E-state index in [0.29, 0.717) is 18.3 Å². The van der Waals surface area contributed by atoms with E-state index in [2.05, 4.69) is 55.3 Å². The molecule has 0 aromatic rings. The molecule has 0 saturated carbocycles. The van der Waals surface area contributed by atoms with Crippen molar-refractivity contribution in [2.24, 2.45) is 16.8 Å². The van der Waals surface area contributed by atoms with Crippen LogP contribution in [0, 0.1) is 11.8 Å². The van der Waals surface area contributed by atoms with Gasteiger partial charge in [-0.15, -0.1) is 0 Å². The highest BCUT2D eigenvalue weighted by Crippen LogP contribution is 2.41. The van der Waals surface area contributed by atoms with E-state index in [0.717, 1.165) is 19.5 Å². The normalized spacial score (nSPS) is 29.9. The van der Waals surface area contributed by atoms with Gasteiger partial charge in [0.25, 0.3) is 0 Å². The topological polar surface area (TPSA) is 47.9 Å². The van der Waals surface area contributed by atoms with Gasteiger partial charge in [0.05, 0.1) is 6.42 Å². The molecule has 3 aliphatic rings. The van der Waals surface area contributed by atoms with Crippen LogP contribution in [0.4, 0.5) is 0 Å². The molecule has 5 nitrogen and oxygen atoms in total. The Kier molecular flexibility index (Phi) is 4.57. The molecule has 0 bridgehead atoms. The van der Waals surface area contributed by atoms with Crippen LogP contribution >= 0.6 is 0 Å². The second-order valence-electron chi connectivity index (χ2n) is 6.86. The van der Waals surface area contributed by atoms with E-state index in [9.17, 15) is 4.79 Å². The van der Waals surface area contributed by atoms with Crippen LogP contribution in [-0.4, -0.2) is 47.4 Å². The first-order valence-corrected chi connectivity index (χ1v) is 8.81. The zero-order chi connectivity index (χ0) is 16.6. The standard InChI is InChI=1S/C18H28N4O/c1-5-21(6-2)22-11-13-10-15(23)20-17(12(3)4)16(13)14-8-7-9-19-18(14)22/h8-9,11-12,16-18H,5-7,10H2,1-4H3,(H,20,23). The lowest BCUT2D eigenvalue weighted by Crippen LogP contribution is -2.57. The fourth-order valence-corrected chi connectivity index (χ4v) is 4.02. The molecule has 3 unspecified atom stereocenters. The molecular weight excluding hydrogens is 288 g/mol. The first-order valence-electron chi connectivity index (χ1n) is 8.81. The fourth-order valence-electron chi connectivity index (χ4n) is 4.02. The largest absolute Gasteiger partial charge is 0.352 e. The second kappa shape index (κ2) is 6.48. The third-order valence-electron chi connectivity index (χ3n) is 5.14. The van der Waals surface area contributed by atoms with Gasteiger partial charge in [-0.3, -0.25) is 14.8 Å². The number of hydrogen-bond acceptors (Lipinski definition) is 4. The first-order chi connectivity index (χ1) is 11.1.